The molecular weight excluding hydrogens is 542 g/mol. The van der Waals surface area contributed by atoms with Gasteiger partial charge in [0.05, 0.1) is 24.3 Å². The highest BCUT2D eigenvalue weighted by atomic mass is 32.2. The van der Waals surface area contributed by atoms with Crippen LogP contribution in [-0.2, 0) is 27.6 Å². The molecule has 1 unspecified atom stereocenters. The summed E-state index contributed by atoms with van der Waals surface area (Å²) in [6.45, 7) is 0.648. The number of halogens is 4. The second-order valence-corrected chi connectivity index (χ2v) is 10.4. The molecule has 3 aromatic rings. The van der Waals surface area contributed by atoms with Gasteiger partial charge in [-0.15, -0.1) is 0 Å². The van der Waals surface area contributed by atoms with Crippen molar-refractivity contribution in [1.29, 1.82) is 0 Å². The Labute approximate surface area is 223 Å². The quantitative estimate of drug-likeness (QED) is 0.253. The summed E-state index contributed by atoms with van der Waals surface area (Å²) < 4.78 is 95.5. The second-order valence-electron chi connectivity index (χ2n) is 8.85. The molecule has 0 bridgehead atoms. The number of alkyl halides is 3. The summed E-state index contributed by atoms with van der Waals surface area (Å²) in [7, 11) is -3.42. The maximum atomic E-state index is 14.4. The third-order valence-electron chi connectivity index (χ3n) is 6.09. The highest BCUT2D eigenvalue weighted by Crippen LogP contribution is 2.34. The highest BCUT2D eigenvalue weighted by Gasteiger charge is 2.32. The van der Waals surface area contributed by atoms with E-state index in [0.717, 1.165) is 24.6 Å². The van der Waals surface area contributed by atoms with Gasteiger partial charge in [-0.2, -0.15) is 21.6 Å². The van der Waals surface area contributed by atoms with Crippen molar-refractivity contribution in [3.05, 3.63) is 89.2 Å². The maximum absolute atomic E-state index is 14.4. The van der Waals surface area contributed by atoms with E-state index in [4.69, 9.17) is 13.7 Å². The van der Waals surface area contributed by atoms with E-state index in [1.54, 1.807) is 12.1 Å². The molecule has 0 spiro atoms. The fraction of sp³-hybridized carbons (Fsp3) is 0.296. The standard InChI is InChI=1S/C27H25F4NO6S/c1-36-24-12-11-18(14-25(24)38-39(34,35)21-8-4-6-19(15-21)27(29,30)31)16-32(17-20-7-5-13-37-20)26(33)22-9-2-3-10-23(22)28/h2-4,6,8-12,14-15,20H,5,7,13,16-17H2,1H3. The van der Waals surface area contributed by atoms with Crippen LogP contribution in [0.3, 0.4) is 0 Å². The zero-order valence-electron chi connectivity index (χ0n) is 20.8. The van der Waals surface area contributed by atoms with E-state index >= 15 is 0 Å². The maximum Gasteiger partial charge on any atom is 0.416 e. The van der Waals surface area contributed by atoms with E-state index in [1.807, 2.05) is 0 Å². The lowest BCUT2D eigenvalue weighted by atomic mass is 10.1. The predicted molar refractivity (Wildman–Crippen MR) is 132 cm³/mol. The van der Waals surface area contributed by atoms with Crippen LogP contribution >= 0.6 is 0 Å². The Morgan fingerprint density at radius 2 is 1.82 bits per heavy atom. The topological polar surface area (TPSA) is 82.1 Å². The van der Waals surface area contributed by atoms with Gasteiger partial charge in [-0.25, -0.2) is 4.39 Å². The van der Waals surface area contributed by atoms with Crippen LogP contribution in [0.1, 0.15) is 34.3 Å². The van der Waals surface area contributed by atoms with Crippen LogP contribution in [0.4, 0.5) is 17.6 Å². The summed E-state index contributed by atoms with van der Waals surface area (Å²) in [5.74, 6) is -1.56. The average Bonchev–Trinajstić information content (AvgIpc) is 3.41. The Kier molecular flexibility index (Phi) is 8.45. The summed E-state index contributed by atoms with van der Waals surface area (Å²) in [6.07, 6.45) is -3.47. The number of hydrogen-bond acceptors (Lipinski definition) is 6. The summed E-state index contributed by atoms with van der Waals surface area (Å²) in [4.78, 5) is 14.0. The zero-order valence-corrected chi connectivity index (χ0v) is 21.6. The number of nitrogens with zero attached hydrogens (tertiary/aromatic N) is 1. The van der Waals surface area contributed by atoms with Gasteiger partial charge in [-0.3, -0.25) is 4.79 Å². The molecule has 3 aromatic carbocycles. The summed E-state index contributed by atoms with van der Waals surface area (Å²) in [5.41, 5.74) is -0.871. The number of carbonyl (C=O) groups is 1. The van der Waals surface area contributed by atoms with Crippen LogP contribution in [-0.4, -0.2) is 45.6 Å². The minimum absolute atomic E-state index is 0.000377. The van der Waals surface area contributed by atoms with Gasteiger partial charge in [0.2, 0.25) is 0 Å². The number of benzene rings is 3. The first-order valence-electron chi connectivity index (χ1n) is 11.9. The van der Waals surface area contributed by atoms with Crippen molar-refractivity contribution in [2.45, 2.75) is 36.6 Å². The Balaban J connectivity index is 1.63. The normalized spacial score (nSPS) is 15.7. The number of amides is 1. The van der Waals surface area contributed by atoms with Crippen LogP contribution in [0.15, 0.2) is 71.6 Å². The Hall–Kier alpha value is -3.64. The molecule has 0 aromatic heterocycles. The van der Waals surface area contributed by atoms with Gasteiger partial charge in [-0.1, -0.05) is 24.3 Å². The molecule has 0 radical (unpaired) electrons. The summed E-state index contributed by atoms with van der Waals surface area (Å²) in [5, 5.41) is 0. The van der Waals surface area contributed by atoms with Crippen molar-refractivity contribution in [2.24, 2.45) is 0 Å². The largest absolute Gasteiger partial charge is 0.493 e. The first-order chi connectivity index (χ1) is 18.5. The van der Waals surface area contributed by atoms with Crippen LogP contribution in [0.2, 0.25) is 0 Å². The van der Waals surface area contributed by atoms with Gasteiger partial charge in [0.25, 0.3) is 5.91 Å². The molecule has 12 heteroatoms. The molecule has 1 aliphatic rings. The molecule has 39 heavy (non-hydrogen) atoms. The third-order valence-corrected chi connectivity index (χ3v) is 7.32. The first kappa shape index (κ1) is 28.4. The SMILES string of the molecule is COc1ccc(CN(CC2CCCO2)C(=O)c2ccccc2F)cc1OS(=O)(=O)c1cccc(C(F)(F)F)c1. The molecular formula is C27H25F4NO6S. The van der Waals surface area contributed by atoms with Crippen molar-refractivity contribution in [3.8, 4) is 11.5 Å². The van der Waals surface area contributed by atoms with Crippen molar-refractivity contribution >= 4 is 16.0 Å². The second kappa shape index (κ2) is 11.6. The minimum Gasteiger partial charge on any atom is -0.493 e. The van der Waals surface area contributed by atoms with Gasteiger partial charge < -0.3 is 18.6 Å². The number of rotatable bonds is 9. The molecule has 1 saturated heterocycles. The predicted octanol–water partition coefficient (Wildman–Crippen LogP) is 5.44. The minimum atomic E-state index is -4.75. The van der Waals surface area contributed by atoms with Gasteiger partial charge in [0.1, 0.15) is 10.7 Å². The van der Waals surface area contributed by atoms with Crippen molar-refractivity contribution in [2.75, 3.05) is 20.3 Å². The Morgan fingerprint density at radius 3 is 2.49 bits per heavy atom. The monoisotopic (exact) mass is 567 g/mol. The van der Waals surface area contributed by atoms with Gasteiger partial charge in [0.15, 0.2) is 11.5 Å². The molecule has 1 atom stereocenters. The van der Waals surface area contributed by atoms with E-state index in [9.17, 15) is 30.8 Å². The summed E-state index contributed by atoms with van der Waals surface area (Å²) in [6, 6.07) is 13.0. The van der Waals surface area contributed by atoms with E-state index in [2.05, 4.69) is 0 Å². The number of ether oxygens (including phenoxy) is 2. The number of methoxy groups -OCH3 is 1. The molecule has 1 heterocycles. The highest BCUT2D eigenvalue weighted by molar-refractivity contribution is 7.87. The van der Waals surface area contributed by atoms with E-state index in [0.29, 0.717) is 24.7 Å². The molecule has 0 aliphatic carbocycles. The molecule has 7 nitrogen and oxygen atoms in total. The lowest BCUT2D eigenvalue weighted by Crippen LogP contribution is -2.37. The zero-order chi connectivity index (χ0) is 28.2. The third kappa shape index (κ3) is 6.87. The number of carbonyl (C=O) groups excluding carboxylic acids is 1. The number of hydrogen-bond donors (Lipinski definition) is 0. The van der Waals surface area contributed by atoms with E-state index in [-0.39, 0.29) is 36.3 Å². The molecule has 1 aliphatic heterocycles. The van der Waals surface area contributed by atoms with Crippen molar-refractivity contribution in [1.82, 2.24) is 4.90 Å². The smallest absolute Gasteiger partial charge is 0.416 e. The summed E-state index contributed by atoms with van der Waals surface area (Å²) >= 11 is 0. The molecule has 0 N–H and O–H groups in total. The average molecular weight is 568 g/mol. The van der Waals surface area contributed by atoms with Crippen LogP contribution in [0.25, 0.3) is 0 Å². The fourth-order valence-electron chi connectivity index (χ4n) is 4.16. The van der Waals surface area contributed by atoms with E-state index in [1.165, 1.54) is 42.3 Å². The van der Waals surface area contributed by atoms with Gasteiger partial charge >= 0.3 is 16.3 Å². The Morgan fingerprint density at radius 1 is 1.05 bits per heavy atom. The first-order valence-corrected chi connectivity index (χ1v) is 13.3. The molecule has 1 amide bonds. The lowest BCUT2D eigenvalue weighted by Gasteiger charge is -2.26. The van der Waals surface area contributed by atoms with E-state index < -0.39 is 38.5 Å². The molecule has 1 fully saturated rings. The van der Waals surface area contributed by atoms with Crippen LogP contribution in [0.5, 0.6) is 11.5 Å². The van der Waals surface area contributed by atoms with Crippen molar-refractivity contribution < 1.29 is 44.4 Å². The fourth-order valence-corrected chi connectivity index (χ4v) is 5.14. The van der Waals surface area contributed by atoms with Gasteiger partial charge in [-0.05, 0) is 60.9 Å². The Bertz CT molecular complexity index is 1440. The lowest BCUT2D eigenvalue weighted by molar-refractivity contribution is -0.137. The molecule has 208 valence electrons. The van der Waals surface area contributed by atoms with Gasteiger partial charge in [0, 0.05) is 19.7 Å². The molecule has 0 saturated carbocycles. The van der Waals surface area contributed by atoms with Crippen LogP contribution in [0, 0.1) is 5.82 Å². The van der Waals surface area contributed by atoms with Crippen LogP contribution < -0.4 is 8.92 Å². The van der Waals surface area contributed by atoms with Crippen molar-refractivity contribution in [3.63, 3.8) is 0 Å². The molecule has 4 rings (SSSR count).